The molecular formula is C8H15N. The van der Waals surface area contributed by atoms with E-state index in [4.69, 9.17) is 0 Å². The molecule has 2 aliphatic rings. The molecular weight excluding hydrogens is 110 g/mol. The molecule has 0 aromatic carbocycles. The lowest BCUT2D eigenvalue weighted by atomic mass is 10.1. The van der Waals surface area contributed by atoms with Gasteiger partial charge in [-0.3, -0.25) is 0 Å². The Bertz CT molecular complexity index is 99.1. The maximum absolute atomic E-state index is 2.66. The highest BCUT2D eigenvalue weighted by Crippen LogP contribution is 2.30. The van der Waals surface area contributed by atoms with Gasteiger partial charge in [-0.2, -0.15) is 0 Å². The van der Waals surface area contributed by atoms with E-state index in [9.17, 15) is 0 Å². The Morgan fingerprint density at radius 3 is 3.11 bits per heavy atom. The highest BCUT2D eigenvalue weighted by Gasteiger charge is 2.32. The van der Waals surface area contributed by atoms with Crippen LogP contribution >= 0.6 is 0 Å². The van der Waals surface area contributed by atoms with Crippen LogP contribution in [0.2, 0.25) is 0 Å². The summed E-state index contributed by atoms with van der Waals surface area (Å²) >= 11 is 0. The second-order valence-electron chi connectivity index (χ2n) is 3.63. The summed E-state index contributed by atoms with van der Waals surface area (Å²) in [7, 11) is 0. The van der Waals surface area contributed by atoms with Crippen molar-refractivity contribution in [3.05, 3.63) is 0 Å². The average Bonchev–Trinajstić information content (AvgIpc) is 2.22. The third-order valence-electron chi connectivity index (χ3n) is 2.72. The molecule has 2 fully saturated rings. The molecule has 1 unspecified atom stereocenters. The van der Waals surface area contributed by atoms with E-state index in [-0.39, 0.29) is 0 Å². The Morgan fingerprint density at radius 1 is 1.44 bits per heavy atom. The molecule has 2 rings (SSSR count). The zero-order chi connectivity index (χ0) is 6.27. The average molecular weight is 125 g/mol. The van der Waals surface area contributed by atoms with E-state index in [1.165, 1.54) is 32.4 Å². The predicted molar refractivity (Wildman–Crippen MR) is 38.4 cm³/mol. The van der Waals surface area contributed by atoms with Gasteiger partial charge in [-0.05, 0) is 31.7 Å². The number of fused-ring (bicyclic) bond motifs is 1. The number of hydrogen-bond donors (Lipinski definition) is 0. The van der Waals surface area contributed by atoms with E-state index < -0.39 is 0 Å². The van der Waals surface area contributed by atoms with Crippen molar-refractivity contribution in [2.45, 2.75) is 32.2 Å². The molecule has 0 saturated carbocycles. The van der Waals surface area contributed by atoms with Crippen LogP contribution in [-0.4, -0.2) is 24.0 Å². The molecule has 0 amide bonds. The fourth-order valence-corrected chi connectivity index (χ4v) is 2.34. The third kappa shape index (κ3) is 0.877. The molecule has 0 radical (unpaired) electrons. The molecule has 2 saturated heterocycles. The number of hydrogen-bond acceptors (Lipinski definition) is 1. The van der Waals surface area contributed by atoms with E-state index in [0.29, 0.717) is 0 Å². The van der Waals surface area contributed by atoms with Gasteiger partial charge >= 0.3 is 0 Å². The minimum atomic E-state index is 0.982. The van der Waals surface area contributed by atoms with Crippen molar-refractivity contribution in [2.24, 2.45) is 5.92 Å². The van der Waals surface area contributed by atoms with Crippen LogP contribution in [0.4, 0.5) is 0 Å². The summed E-state index contributed by atoms with van der Waals surface area (Å²) in [6.07, 6.45) is 4.40. The van der Waals surface area contributed by atoms with Gasteiger partial charge in [0.1, 0.15) is 0 Å². The fraction of sp³-hybridized carbons (Fsp3) is 1.00. The summed E-state index contributed by atoms with van der Waals surface area (Å²) < 4.78 is 0. The molecule has 2 heterocycles. The predicted octanol–water partition coefficient (Wildman–Crippen LogP) is 1.49. The standard InChI is InChI=1S/C8H15N/c1-7-5-8-3-2-4-9(8)6-7/h7-8H,2-6H2,1H3/t7?,8-/m1/s1. The summed E-state index contributed by atoms with van der Waals surface area (Å²) in [6.45, 7) is 5.14. The Kier molecular flexibility index (Phi) is 1.26. The molecule has 9 heavy (non-hydrogen) atoms. The zero-order valence-electron chi connectivity index (χ0n) is 6.14. The number of rotatable bonds is 0. The molecule has 1 nitrogen and oxygen atoms in total. The van der Waals surface area contributed by atoms with Crippen LogP contribution in [0.15, 0.2) is 0 Å². The first-order valence-electron chi connectivity index (χ1n) is 4.10. The first-order chi connectivity index (χ1) is 4.36. The summed E-state index contributed by atoms with van der Waals surface area (Å²) in [5.74, 6) is 0.982. The van der Waals surface area contributed by atoms with E-state index in [2.05, 4.69) is 11.8 Å². The molecule has 0 spiro atoms. The lowest BCUT2D eigenvalue weighted by Gasteiger charge is -2.12. The lowest BCUT2D eigenvalue weighted by Crippen LogP contribution is -2.22. The van der Waals surface area contributed by atoms with Crippen LogP contribution < -0.4 is 0 Å². The fourth-order valence-electron chi connectivity index (χ4n) is 2.34. The molecule has 0 aromatic rings. The normalized spacial score (nSPS) is 43.7. The monoisotopic (exact) mass is 125 g/mol. The van der Waals surface area contributed by atoms with E-state index in [1.807, 2.05) is 0 Å². The maximum Gasteiger partial charge on any atom is 0.00988 e. The van der Waals surface area contributed by atoms with Gasteiger partial charge in [0.05, 0.1) is 0 Å². The van der Waals surface area contributed by atoms with Crippen LogP contribution in [0.5, 0.6) is 0 Å². The van der Waals surface area contributed by atoms with Crippen LogP contribution in [-0.2, 0) is 0 Å². The summed E-state index contributed by atoms with van der Waals surface area (Å²) in [4.78, 5) is 2.66. The van der Waals surface area contributed by atoms with E-state index in [0.717, 1.165) is 12.0 Å². The highest BCUT2D eigenvalue weighted by atomic mass is 15.2. The Balaban J connectivity index is 2.02. The van der Waals surface area contributed by atoms with Crippen molar-refractivity contribution >= 4 is 0 Å². The molecule has 0 aromatic heterocycles. The first-order valence-corrected chi connectivity index (χ1v) is 4.10. The Hall–Kier alpha value is -0.0400. The second-order valence-corrected chi connectivity index (χ2v) is 3.63. The minimum absolute atomic E-state index is 0.982. The Morgan fingerprint density at radius 2 is 2.33 bits per heavy atom. The van der Waals surface area contributed by atoms with Crippen molar-refractivity contribution in [3.63, 3.8) is 0 Å². The van der Waals surface area contributed by atoms with Gasteiger partial charge in [-0.25, -0.2) is 0 Å². The zero-order valence-corrected chi connectivity index (χ0v) is 6.14. The Labute approximate surface area is 57.0 Å². The van der Waals surface area contributed by atoms with Crippen molar-refractivity contribution in [1.82, 2.24) is 4.90 Å². The molecule has 0 N–H and O–H groups in total. The van der Waals surface area contributed by atoms with Crippen molar-refractivity contribution in [3.8, 4) is 0 Å². The van der Waals surface area contributed by atoms with Gasteiger partial charge < -0.3 is 4.90 Å². The third-order valence-corrected chi connectivity index (χ3v) is 2.72. The molecule has 52 valence electrons. The highest BCUT2D eigenvalue weighted by molar-refractivity contribution is 4.87. The molecule has 2 atom stereocenters. The maximum atomic E-state index is 2.66. The molecule has 0 bridgehead atoms. The van der Waals surface area contributed by atoms with Gasteiger partial charge in [-0.15, -0.1) is 0 Å². The summed E-state index contributed by atoms with van der Waals surface area (Å²) in [6, 6.07) is 0.986. The SMILES string of the molecule is CC1C[C@H]2CCCN2C1. The topological polar surface area (TPSA) is 3.24 Å². The van der Waals surface area contributed by atoms with Gasteiger partial charge in [-0.1, -0.05) is 6.92 Å². The summed E-state index contributed by atoms with van der Waals surface area (Å²) in [5, 5.41) is 0. The van der Waals surface area contributed by atoms with Gasteiger partial charge in [0, 0.05) is 12.6 Å². The molecule has 2 aliphatic heterocycles. The van der Waals surface area contributed by atoms with Crippen LogP contribution in [0, 0.1) is 5.92 Å². The van der Waals surface area contributed by atoms with Gasteiger partial charge in [0.25, 0.3) is 0 Å². The van der Waals surface area contributed by atoms with E-state index >= 15 is 0 Å². The minimum Gasteiger partial charge on any atom is -0.300 e. The molecule has 0 aliphatic carbocycles. The smallest absolute Gasteiger partial charge is 0.00988 e. The first kappa shape index (κ1) is 5.72. The van der Waals surface area contributed by atoms with Crippen molar-refractivity contribution in [2.75, 3.05) is 13.1 Å². The van der Waals surface area contributed by atoms with Crippen LogP contribution in [0.1, 0.15) is 26.2 Å². The lowest BCUT2D eigenvalue weighted by molar-refractivity contribution is 0.319. The van der Waals surface area contributed by atoms with Crippen molar-refractivity contribution < 1.29 is 0 Å². The van der Waals surface area contributed by atoms with E-state index in [1.54, 1.807) is 0 Å². The summed E-state index contributed by atoms with van der Waals surface area (Å²) in [5.41, 5.74) is 0. The van der Waals surface area contributed by atoms with Gasteiger partial charge in [0.2, 0.25) is 0 Å². The van der Waals surface area contributed by atoms with Crippen LogP contribution in [0.25, 0.3) is 0 Å². The molecule has 1 heteroatoms. The van der Waals surface area contributed by atoms with Crippen molar-refractivity contribution in [1.29, 1.82) is 0 Å². The number of nitrogens with zero attached hydrogens (tertiary/aromatic N) is 1. The van der Waals surface area contributed by atoms with Gasteiger partial charge in [0.15, 0.2) is 0 Å². The van der Waals surface area contributed by atoms with Crippen LogP contribution in [0.3, 0.4) is 0 Å². The second kappa shape index (κ2) is 1.98. The largest absolute Gasteiger partial charge is 0.300 e. The quantitative estimate of drug-likeness (QED) is 0.474.